The molecule has 3 nitrogen and oxygen atoms in total. The summed E-state index contributed by atoms with van der Waals surface area (Å²) in [4.78, 5) is 21.6. The molecule has 0 aliphatic carbocycles. The Morgan fingerprint density at radius 2 is 2.33 bits per heavy atom. The van der Waals surface area contributed by atoms with Gasteiger partial charge in [-0.25, -0.2) is 0 Å². The molecule has 0 atom stereocenters. The van der Waals surface area contributed by atoms with E-state index in [1.165, 1.54) is 6.92 Å². The minimum absolute atomic E-state index is 0.0975. The van der Waals surface area contributed by atoms with Gasteiger partial charge in [-0.05, 0) is 19.9 Å². The van der Waals surface area contributed by atoms with Crippen molar-refractivity contribution in [2.75, 3.05) is 6.61 Å². The number of carbonyl (C=O) groups excluding carboxylic acids is 2. The van der Waals surface area contributed by atoms with Gasteiger partial charge in [0.2, 0.25) is 0 Å². The summed E-state index contributed by atoms with van der Waals surface area (Å²) >= 11 is 0. The summed E-state index contributed by atoms with van der Waals surface area (Å²) in [7, 11) is 0. The molecule has 1 rings (SSSR count). The largest absolute Gasteiger partial charge is 0.493 e. The van der Waals surface area contributed by atoms with Crippen LogP contribution in [0.3, 0.4) is 0 Å². The van der Waals surface area contributed by atoms with Crippen LogP contribution in [-0.2, 0) is 14.3 Å². The fraction of sp³-hybridized carbons (Fsp3) is 0.333. The lowest BCUT2D eigenvalue weighted by molar-refractivity contribution is -0.114. The van der Waals surface area contributed by atoms with Gasteiger partial charge in [-0.1, -0.05) is 0 Å². The topological polar surface area (TPSA) is 43.4 Å². The van der Waals surface area contributed by atoms with Gasteiger partial charge >= 0.3 is 0 Å². The smallest absolute Gasteiger partial charge is 0.160 e. The third kappa shape index (κ3) is 1.44. The van der Waals surface area contributed by atoms with Crippen molar-refractivity contribution in [1.29, 1.82) is 0 Å². The molecule has 12 heavy (non-hydrogen) atoms. The first-order valence-electron chi connectivity index (χ1n) is 3.67. The molecule has 0 N–H and O–H groups in total. The molecule has 0 unspecified atom stereocenters. The Morgan fingerprint density at radius 1 is 1.67 bits per heavy atom. The number of hydrogen-bond donors (Lipinski definition) is 0. The summed E-state index contributed by atoms with van der Waals surface area (Å²) < 4.78 is 5.08. The van der Waals surface area contributed by atoms with Gasteiger partial charge in [0.15, 0.2) is 12.1 Å². The van der Waals surface area contributed by atoms with E-state index in [0.29, 0.717) is 29.8 Å². The average Bonchev–Trinajstić information content (AvgIpc) is 2.03. The van der Waals surface area contributed by atoms with Crippen molar-refractivity contribution >= 4 is 12.1 Å². The van der Waals surface area contributed by atoms with Gasteiger partial charge < -0.3 is 4.74 Å². The third-order valence-corrected chi connectivity index (χ3v) is 1.75. The number of hydrogen-bond acceptors (Lipinski definition) is 3. The average molecular weight is 166 g/mol. The summed E-state index contributed by atoms with van der Waals surface area (Å²) in [6, 6.07) is 0. The molecule has 0 amide bonds. The van der Waals surface area contributed by atoms with Crippen LogP contribution in [0.15, 0.2) is 23.0 Å². The van der Waals surface area contributed by atoms with Crippen LogP contribution in [0.4, 0.5) is 0 Å². The molecule has 64 valence electrons. The SMILES string of the molecule is CC(=O)C1=CCOC(C)=C1C=O. The second-order valence-corrected chi connectivity index (χ2v) is 2.57. The second kappa shape index (κ2) is 3.34. The molecule has 0 radical (unpaired) electrons. The molecular weight excluding hydrogens is 156 g/mol. The van der Waals surface area contributed by atoms with E-state index in [4.69, 9.17) is 4.74 Å². The van der Waals surface area contributed by atoms with E-state index in [1.807, 2.05) is 0 Å². The molecule has 3 heteroatoms. The van der Waals surface area contributed by atoms with Crippen LogP contribution in [0.25, 0.3) is 0 Å². The van der Waals surface area contributed by atoms with Gasteiger partial charge in [0.1, 0.15) is 12.4 Å². The van der Waals surface area contributed by atoms with Crippen molar-refractivity contribution in [3.05, 3.63) is 23.0 Å². The van der Waals surface area contributed by atoms with E-state index in [2.05, 4.69) is 0 Å². The van der Waals surface area contributed by atoms with Crippen molar-refractivity contribution in [1.82, 2.24) is 0 Å². The molecule has 0 aromatic rings. The summed E-state index contributed by atoms with van der Waals surface area (Å²) in [5, 5.41) is 0. The van der Waals surface area contributed by atoms with Crippen molar-refractivity contribution in [2.24, 2.45) is 0 Å². The first-order valence-corrected chi connectivity index (χ1v) is 3.67. The normalized spacial score (nSPS) is 16.7. The van der Waals surface area contributed by atoms with Crippen molar-refractivity contribution in [3.8, 4) is 0 Å². The fourth-order valence-electron chi connectivity index (χ4n) is 1.11. The molecule has 0 saturated carbocycles. The van der Waals surface area contributed by atoms with E-state index in [-0.39, 0.29) is 5.78 Å². The Morgan fingerprint density at radius 3 is 2.75 bits per heavy atom. The summed E-state index contributed by atoms with van der Waals surface area (Å²) in [5.74, 6) is 0.428. The lowest BCUT2D eigenvalue weighted by Gasteiger charge is -2.14. The minimum atomic E-state index is -0.0975. The number of aldehydes is 1. The molecule has 0 aromatic heterocycles. The standard InChI is InChI=1S/C9H10O3/c1-6(11)8-3-4-12-7(2)9(8)5-10/h3,5H,4H2,1-2H3. The fourth-order valence-corrected chi connectivity index (χ4v) is 1.11. The van der Waals surface area contributed by atoms with Gasteiger partial charge in [-0.15, -0.1) is 0 Å². The van der Waals surface area contributed by atoms with E-state index < -0.39 is 0 Å². The summed E-state index contributed by atoms with van der Waals surface area (Å²) in [6.07, 6.45) is 2.28. The number of ether oxygens (including phenoxy) is 1. The van der Waals surface area contributed by atoms with Crippen LogP contribution in [0.1, 0.15) is 13.8 Å². The van der Waals surface area contributed by atoms with E-state index >= 15 is 0 Å². The van der Waals surface area contributed by atoms with Crippen LogP contribution in [-0.4, -0.2) is 18.7 Å². The van der Waals surface area contributed by atoms with Crippen LogP contribution in [0, 0.1) is 0 Å². The zero-order chi connectivity index (χ0) is 9.14. The van der Waals surface area contributed by atoms with Gasteiger partial charge in [0.05, 0.1) is 5.57 Å². The predicted octanol–water partition coefficient (Wildman–Crippen LogP) is 1.00. The van der Waals surface area contributed by atoms with E-state index in [9.17, 15) is 9.59 Å². The Balaban J connectivity index is 3.08. The van der Waals surface area contributed by atoms with Crippen LogP contribution >= 0.6 is 0 Å². The van der Waals surface area contributed by atoms with Crippen molar-refractivity contribution < 1.29 is 14.3 Å². The van der Waals surface area contributed by atoms with E-state index in [0.717, 1.165) is 0 Å². The van der Waals surface area contributed by atoms with Crippen molar-refractivity contribution in [2.45, 2.75) is 13.8 Å². The zero-order valence-corrected chi connectivity index (χ0v) is 7.09. The molecule has 1 aliphatic heterocycles. The van der Waals surface area contributed by atoms with Crippen molar-refractivity contribution in [3.63, 3.8) is 0 Å². The summed E-state index contributed by atoms with van der Waals surface area (Å²) in [5.41, 5.74) is 0.836. The maximum atomic E-state index is 11.0. The Hall–Kier alpha value is -1.38. The Labute approximate surface area is 70.7 Å². The molecule has 1 aliphatic rings. The third-order valence-electron chi connectivity index (χ3n) is 1.75. The lowest BCUT2D eigenvalue weighted by Crippen LogP contribution is -2.11. The van der Waals surface area contributed by atoms with Crippen LogP contribution < -0.4 is 0 Å². The van der Waals surface area contributed by atoms with Crippen LogP contribution in [0.2, 0.25) is 0 Å². The highest BCUT2D eigenvalue weighted by Crippen LogP contribution is 2.19. The highest BCUT2D eigenvalue weighted by Gasteiger charge is 2.16. The molecule has 0 spiro atoms. The molecule has 1 heterocycles. The quantitative estimate of drug-likeness (QED) is 0.575. The first-order chi connectivity index (χ1) is 5.66. The second-order valence-electron chi connectivity index (χ2n) is 2.57. The van der Waals surface area contributed by atoms with Gasteiger partial charge in [-0.2, -0.15) is 0 Å². The monoisotopic (exact) mass is 166 g/mol. The summed E-state index contributed by atoms with van der Waals surface area (Å²) in [6.45, 7) is 3.49. The first kappa shape index (κ1) is 8.71. The minimum Gasteiger partial charge on any atom is -0.493 e. The maximum absolute atomic E-state index is 11.0. The molecule has 0 fully saturated rings. The van der Waals surface area contributed by atoms with E-state index in [1.54, 1.807) is 13.0 Å². The molecular formula is C9H10O3. The number of carbonyl (C=O) groups is 2. The molecule has 0 aromatic carbocycles. The highest BCUT2D eigenvalue weighted by atomic mass is 16.5. The van der Waals surface area contributed by atoms with Gasteiger partial charge in [0, 0.05) is 5.57 Å². The number of allylic oxidation sites excluding steroid dienone is 3. The number of Topliss-reactive ketones (excluding diaryl/α,β-unsaturated/α-hetero) is 1. The Kier molecular flexibility index (Phi) is 2.43. The molecule has 0 saturated heterocycles. The Bertz CT molecular complexity index is 284. The van der Waals surface area contributed by atoms with Gasteiger partial charge in [-0.3, -0.25) is 9.59 Å². The van der Waals surface area contributed by atoms with Crippen LogP contribution in [0.5, 0.6) is 0 Å². The highest BCUT2D eigenvalue weighted by molar-refractivity contribution is 6.05. The zero-order valence-electron chi connectivity index (χ0n) is 7.09. The molecule has 0 bridgehead atoms. The lowest BCUT2D eigenvalue weighted by atomic mass is 10.0. The number of rotatable bonds is 2. The maximum Gasteiger partial charge on any atom is 0.160 e. The predicted molar refractivity (Wildman–Crippen MR) is 43.5 cm³/mol. The number of ketones is 1. The van der Waals surface area contributed by atoms with Gasteiger partial charge in [0.25, 0.3) is 0 Å².